The molecule has 30 heavy (non-hydrogen) atoms. The molecule has 5 rings (SSSR count). The van der Waals surface area contributed by atoms with E-state index in [-0.39, 0.29) is 23.9 Å². The minimum absolute atomic E-state index is 0.105. The molecular formula is C23H24N4O3. The second-order valence-corrected chi connectivity index (χ2v) is 8.98. The van der Waals surface area contributed by atoms with Crippen molar-refractivity contribution in [3.05, 3.63) is 46.3 Å². The van der Waals surface area contributed by atoms with Crippen molar-refractivity contribution in [2.75, 3.05) is 12.1 Å². The number of allylic oxidation sites excluding steroid dienone is 2. The summed E-state index contributed by atoms with van der Waals surface area (Å²) >= 11 is 0. The van der Waals surface area contributed by atoms with E-state index in [1.54, 1.807) is 0 Å². The van der Waals surface area contributed by atoms with Gasteiger partial charge in [0.05, 0.1) is 24.7 Å². The van der Waals surface area contributed by atoms with Gasteiger partial charge in [0, 0.05) is 29.2 Å². The summed E-state index contributed by atoms with van der Waals surface area (Å²) in [5, 5.41) is 17.3. The highest BCUT2D eigenvalue weighted by molar-refractivity contribution is 6.01. The van der Waals surface area contributed by atoms with E-state index in [1.165, 1.54) is 0 Å². The number of hydrogen-bond acceptors (Lipinski definition) is 6. The zero-order valence-electron chi connectivity index (χ0n) is 17.4. The van der Waals surface area contributed by atoms with Crippen LogP contribution in [0.2, 0.25) is 0 Å². The van der Waals surface area contributed by atoms with Crippen LogP contribution >= 0.6 is 0 Å². The molecule has 0 amide bonds. The third-order valence-electron chi connectivity index (χ3n) is 6.11. The maximum absolute atomic E-state index is 13.3. The number of ketones is 1. The summed E-state index contributed by atoms with van der Waals surface area (Å²) in [6, 6.07) is 8.09. The molecule has 2 aromatic rings. The second-order valence-electron chi connectivity index (χ2n) is 8.98. The van der Waals surface area contributed by atoms with E-state index in [1.807, 2.05) is 29.8 Å². The molecule has 3 heterocycles. The van der Waals surface area contributed by atoms with Gasteiger partial charge in [-0.15, -0.1) is 0 Å². The molecule has 7 nitrogen and oxygen atoms in total. The maximum Gasteiger partial charge on any atom is 0.231 e. The Morgan fingerprint density at radius 3 is 2.90 bits per heavy atom. The molecule has 1 aromatic carbocycles. The molecular weight excluding hydrogens is 380 g/mol. The van der Waals surface area contributed by atoms with Crippen LogP contribution in [-0.2, 0) is 11.3 Å². The average molecular weight is 404 g/mol. The third-order valence-corrected chi connectivity index (χ3v) is 6.11. The Hall–Kier alpha value is -3.27. The van der Waals surface area contributed by atoms with E-state index in [4.69, 9.17) is 19.8 Å². The number of ether oxygens (including phenoxy) is 2. The molecule has 0 radical (unpaired) electrons. The topological polar surface area (TPSA) is 89.2 Å². The number of fused-ring (bicyclic) bond motifs is 2. The number of nitrogens with zero attached hydrogens (tertiary/aromatic N) is 3. The molecule has 0 saturated heterocycles. The first kappa shape index (κ1) is 18.7. The van der Waals surface area contributed by atoms with Crippen molar-refractivity contribution in [3.8, 4) is 17.6 Å². The second kappa shape index (κ2) is 6.63. The molecule has 0 fully saturated rings. The van der Waals surface area contributed by atoms with E-state index in [0.717, 1.165) is 46.1 Å². The fourth-order valence-electron chi connectivity index (χ4n) is 4.88. The quantitative estimate of drug-likeness (QED) is 0.831. The van der Waals surface area contributed by atoms with E-state index < -0.39 is 0 Å². The maximum atomic E-state index is 13.3. The number of nitriles is 1. The molecule has 1 aromatic heterocycles. The molecule has 0 saturated carbocycles. The van der Waals surface area contributed by atoms with Crippen LogP contribution in [0.1, 0.15) is 55.8 Å². The summed E-state index contributed by atoms with van der Waals surface area (Å²) in [7, 11) is 0. The fraction of sp³-hybridized carbons (Fsp3) is 0.435. The molecule has 7 heteroatoms. The Bertz CT molecular complexity index is 1140. The van der Waals surface area contributed by atoms with Crippen LogP contribution in [-0.4, -0.2) is 22.4 Å². The number of aromatic nitrogens is 2. The van der Waals surface area contributed by atoms with Crippen LogP contribution in [0.15, 0.2) is 29.5 Å². The van der Waals surface area contributed by atoms with Gasteiger partial charge in [0.15, 0.2) is 17.3 Å². The molecule has 3 aliphatic rings. The van der Waals surface area contributed by atoms with Crippen LogP contribution in [0.3, 0.4) is 0 Å². The Kier molecular flexibility index (Phi) is 4.14. The van der Waals surface area contributed by atoms with Crippen molar-refractivity contribution in [2.45, 2.75) is 52.5 Å². The van der Waals surface area contributed by atoms with Crippen molar-refractivity contribution in [1.82, 2.24) is 9.78 Å². The number of benzene rings is 1. The Morgan fingerprint density at radius 1 is 1.30 bits per heavy atom. The van der Waals surface area contributed by atoms with Gasteiger partial charge in [-0.05, 0) is 36.5 Å². The molecule has 1 N–H and O–H groups in total. The Balaban J connectivity index is 1.70. The summed E-state index contributed by atoms with van der Waals surface area (Å²) in [6.45, 7) is 6.93. The van der Waals surface area contributed by atoms with Gasteiger partial charge >= 0.3 is 0 Å². The molecule has 1 aliphatic carbocycles. The minimum Gasteiger partial charge on any atom is -0.454 e. The SMILES string of the molecule is Cc1nn(CCC#N)c2c1[C@H](c1ccc3c(c1)OCO3)C1=C(CC(C)(C)CC1=O)N2. The highest BCUT2D eigenvalue weighted by atomic mass is 16.7. The van der Waals surface area contributed by atoms with Gasteiger partial charge in [-0.1, -0.05) is 19.9 Å². The van der Waals surface area contributed by atoms with Gasteiger partial charge in [0.2, 0.25) is 6.79 Å². The highest BCUT2D eigenvalue weighted by Gasteiger charge is 2.43. The summed E-state index contributed by atoms with van der Waals surface area (Å²) in [6.07, 6.45) is 1.68. The van der Waals surface area contributed by atoms with Crippen molar-refractivity contribution < 1.29 is 14.3 Å². The number of carbonyl (C=O) groups excluding carboxylic acids is 1. The number of nitrogens with one attached hydrogen (secondary N) is 1. The first-order valence-electron chi connectivity index (χ1n) is 10.2. The van der Waals surface area contributed by atoms with Crippen LogP contribution < -0.4 is 14.8 Å². The highest BCUT2D eigenvalue weighted by Crippen LogP contribution is 2.51. The molecule has 1 atom stereocenters. The predicted octanol–water partition coefficient (Wildman–Crippen LogP) is 4.03. The molecule has 154 valence electrons. The third kappa shape index (κ3) is 2.86. The van der Waals surface area contributed by atoms with E-state index >= 15 is 0 Å². The standard InChI is InChI=1S/C23H24N4O3/c1-13-19-20(14-5-6-17-18(9-14)30-12-29-17)21-15(10-23(2,3)11-16(21)28)25-22(19)27(26-13)8-4-7-24/h5-6,9,20,25H,4,8,10-12H2,1-3H3/t20-/m0/s1. The lowest BCUT2D eigenvalue weighted by Crippen LogP contribution is -2.34. The van der Waals surface area contributed by atoms with Crippen LogP contribution in [0.4, 0.5) is 5.82 Å². The monoisotopic (exact) mass is 404 g/mol. The number of hydrogen-bond donors (Lipinski definition) is 1. The number of Topliss-reactive ketones (excluding diaryl/α,β-unsaturated/α-hetero) is 1. The normalized spacial score (nSPS) is 21.0. The molecule has 0 spiro atoms. The number of rotatable bonds is 3. The summed E-state index contributed by atoms with van der Waals surface area (Å²) in [5.41, 5.74) is 4.53. The van der Waals surface area contributed by atoms with Crippen molar-refractivity contribution in [3.63, 3.8) is 0 Å². The van der Waals surface area contributed by atoms with Gasteiger partial charge in [-0.3, -0.25) is 4.79 Å². The smallest absolute Gasteiger partial charge is 0.231 e. The van der Waals surface area contributed by atoms with Crippen molar-refractivity contribution >= 4 is 11.6 Å². The van der Waals surface area contributed by atoms with E-state index in [2.05, 4.69) is 25.2 Å². The van der Waals surface area contributed by atoms with Gasteiger partial charge in [0.25, 0.3) is 0 Å². The number of carbonyl (C=O) groups is 1. The van der Waals surface area contributed by atoms with E-state index in [0.29, 0.717) is 25.1 Å². The van der Waals surface area contributed by atoms with Crippen LogP contribution in [0, 0.1) is 23.7 Å². The summed E-state index contributed by atoms with van der Waals surface area (Å²) < 4.78 is 12.9. The fourth-order valence-corrected chi connectivity index (χ4v) is 4.88. The summed E-state index contributed by atoms with van der Waals surface area (Å²) in [4.78, 5) is 13.3. The minimum atomic E-state index is -0.217. The zero-order chi connectivity index (χ0) is 21.0. The van der Waals surface area contributed by atoms with Crippen LogP contribution in [0.5, 0.6) is 11.5 Å². The molecule has 0 bridgehead atoms. The zero-order valence-corrected chi connectivity index (χ0v) is 17.4. The lowest BCUT2D eigenvalue weighted by atomic mass is 9.69. The first-order valence-corrected chi connectivity index (χ1v) is 10.2. The van der Waals surface area contributed by atoms with Crippen LogP contribution in [0.25, 0.3) is 0 Å². The predicted molar refractivity (Wildman–Crippen MR) is 110 cm³/mol. The van der Waals surface area contributed by atoms with Gasteiger partial charge in [-0.2, -0.15) is 10.4 Å². The lowest BCUT2D eigenvalue weighted by molar-refractivity contribution is -0.118. The van der Waals surface area contributed by atoms with Gasteiger partial charge < -0.3 is 14.8 Å². The first-order chi connectivity index (χ1) is 14.4. The number of aryl methyl sites for hydroxylation is 2. The average Bonchev–Trinajstić information content (AvgIpc) is 3.27. The van der Waals surface area contributed by atoms with Gasteiger partial charge in [-0.25, -0.2) is 4.68 Å². The Morgan fingerprint density at radius 2 is 2.10 bits per heavy atom. The lowest BCUT2D eigenvalue weighted by Gasteiger charge is -2.38. The van der Waals surface area contributed by atoms with Crippen molar-refractivity contribution in [1.29, 1.82) is 5.26 Å². The van der Waals surface area contributed by atoms with E-state index in [9.17, 15) is 4.79 Å². The summed E-state index contributed by atoms with van der Waals surface area (Å²) in [5.74, 6) is 2.26. The Labute approximate surface area is 175 Å². The molecule has 2 aliphatic heterocycles. The largest absolute Gasteiger partial charge is 0.454 e. The number of anilines is 1. The van der Waals surface area contributed by atoms with Gasteiger partial charge in [0.1, 0.15) is 5.82 Å². The molecule has 0 unspecified atom stereocenters. The van der Waals surface area contributed by atoms with Crippen molar-refractivity contribution in [2.24, 2.45) is 5.41 Å².